The molecule has 0 unspecified atom stereocenters. The standard InChI is InChI=1S/C88H120S4.C20H16O4S4.C18H29Br/c1-9-17-25-33-41-65-53-66(42-34-26-18-10-2)58-73(57-65)87(74-59-67(43-35-27-19-11-3)54-68(60-74)44-36-28-20-12-4)77-49-51-89-81(77)83-79(87)85-86(91-83)80-84(92-85)82-78(50-52-90-82)88(80,75-61-69(45-37-29-21-13-5)55-70(62-75)46-38-30-22-14-6)76-63-71(47-39-31-23-15-7)56-72(64-76)48-40-32-24-16-8;1-3-23-19(21)11-5-7-25-17(11)15-9-13-14(27-15)10-16(28-13)18-12(6-8-26-18)20(22)24-4-2;1-3-5-7-9-11-16-13-17(15-18(19)14-16)12-10-8-6-4-2/h49-64H,9-48H2,1-8H3;5-10H,3-4H2,1-2H3;13-15H,3-12H2,1-2H3. The molecule has 8 heterocycles. The number of aryl methyl sites for hydroxylation is 10. The molecule has 0 saturated carbocycles. The molecule has 0 saturated heterocycles. The van der Waals surface area contributed by atoms with Crippen molar-refractivity contribution in [2.75, 3.05) is 13.2 Å². The molecule has 139 heavy (non-hydrogen) atoms. The number of hydrogen-bond acceptors (Lipinski definition) is 12. The quantitative estimate of drug-likeness (QED) is 0.0282. The normalized spacial score (nSPS) is 12.7. The van der Waals surface area contributed by atoms with E-state index >= 15 is 0 Å². The Balaban J connectivity index is 0.000000279. The summed E-state index contributed by atoms with van der Waals surface area (Å²) in [5, 5.41) is 8.81. The molecule has 0 bridgehead atoms. The summed E-state index contributed by atoms with van der Waals surface area (Å²) in [5.74, 6) is -0.567. The minimum Gasteiger partial charge on any atom is -0.462 e. The molecule has 2 aliphatic rings. The lowest BCUT2D eigenvalue weighted by atomic mass is 9.66. The Morgan fingerprint density at radius 2 is 0.475 bits per heavy atom. The molecule has 0 fully saturated rings. The third-order valence-electron chi connectivity index (χ3n) is 28.9. The molecule has 8 aromatic heterocycles. The van der Waals surface area contributed by atoms with Crippen LogP contribution in [0.4, 0.5) is 0 Å². The van der Waals surface area contributed by atoms with E-state index in [1.807, 2.05) is 59.4 Å². The highest BCUT2D eigenvalue weighted by Crippen LogP contribution is 2.70. The van der Waals surface area contributed by atoms with Crippen molar-refractivity contribution in [1.29, 1.82) is 0 Å². The van der Waals surface area contributed by atoms with E-state index in [4.69, 9.17) is 9.47 Å². The van der Waals surface area contributed by atoms with Crippen molar-refractivity contribution in [2.45, 2.75) is 415 Å². The molecule has 4 nitrogen and oxygen atoms in total. The predicted octanol–water partition coefficient (Wildman–Crippen LogP) is 42.3. The number of carbonyl (C=O) groups is 2. The van der Waals surface area contributed by atoms with Gasteiger partial charge in [0.25, 0.3) is 0 Å². The molecular formula is C126H165BrO4S8. The van der Waals surface area contributed by atoms with E-state index in [1.54, 1.807) is 131 Å². The number of unbranched alkanes of at least 4 members (excludes halogenated alkanes) is 30. The number of thiophene rings is 8. The molecule has 0 spiro atoms. The maximum atomic E-state index is 12.2. The predicted molar refractivity (Wildman–Crippen MR) is 621 cm³/mol. The molecule has 2 aliphatic carbocycles. The van der Waals surface area contributed by atoms with E-state index in [-0.39, 0.29) is 11.9 Å². The van der Waals surface area contributed by atoms with Crippen molar-refractivity contribution in [3.8, 4) is 39.0 Å². The van der Waals surface area contributed by atoms with Crippen LogP contribution in [-0.4, -0.2) is 25.2 Å². The Kier molecular flexibility index (Phi) is 45.5. The first kappa shape index (κ1) is 110. The maximum Gasteiger partial charge on any atom is 0.339 e. The summed E-state index contributed by atoms with van der Waals surface area (Å²) >= 11 is 18.6. The number of fused-ring (bicyclic) bond motifs is 10. The molecule has 0 N–H and O–H groups in total. The van der Waals surface area contributed by atoms with E-state index in [2.05, 4.69) is 234 Å². The minimum atomic E-state index is -0.453. The third-order valence-corrected chi connectivity index (χ3v) is 38.6. The summed E-state index contributed by atoms with van der Waals surface area (Å²) < 4.78 is 17.0. The van der Waals surface area contributed by atoms with Gasteiger partial charge in [0.05, 0.1) is 64.1 Å². The van der Waals surface area contributed by atoms with Gasteiger partial charge in [-0.3, -0.25) is 0 Å². The molecule has 0 amide bonds. The van der Waals surface area contributed by atoms with Gasteiger partial charge in [0.1, 0.15) is 0 Å². The van der Waals surface area contributed by atoms with Crippen LogP contribution in [-0.2, 0) is 84.5 Å². The van der Waals surface area contributed by atoms with E-state index < -0.39 is 10.8 Å². The summed E-state index contributed by atoms with van der Waals surface area (Å²) in [5.41, 5.74) is 28.3. The van der Waals surface area contributed by atoms with E-state index in [1.165, 1.54) is 317 Å². The zero-order chi connectivity index (χ0) is 97.7. The molecule has 0 aliphatic heterocycles. The summed E-state index contributed by atoms with van der Waals surface area (Å²) in [6.45, 7) is 27.8. The molecule has 13 heteroatoms. The van der Waals surface area contributed by atoms with Crippen LogP contribution >= 0.6 is 107 Å². The fourth-order valence-electron chi connectivity index (χ4n) is 21.7. The van der Waals surface area contributed by atoms with E-state index in [9.17, 15) is 9.59 Å². The SMILES string of the molecule is CCCCCCc1cc(Br)cc(CCCCCC)c1.CCCCCCc1cc(CCCCCC)cc(C2(c3cc(CCCCCC)cc(CCCCCC)c3)c3ccsc3-c3sc4c5c(sc4c32)-c2sccc2C5(c2cc(CCCCCC)cc(CCCCCC)c2)c2cc(CCCCCC)cc(CCCCCC)c2)c1.CCOC(=O)c1ccsc1-c1cc2sc(-c3sccc3C(=O)OCC)cc2s1. The van der Waals surface area contributed by atoms with Crippen LogP contribution in [0.1, 0.15) is 461 Å². The maximum absolute atomic E-state index is 12.2. The van der Waals surface area contributed by atoms with Gasteiger partial charge >= 0.3 is 11.9 Å². The zero-order valence-corrected chi connectivity index (χ0v) is 95.1. The lowest BCUT2D eigenvalue weighted by molar-refractivity contribution is 0.0518. The van der Waals surface area contributed by atoms with Crippen molar-refractivity contribution in [3.05, 3.63) is 265 Å². The number of esters is 2. The number of hydrogen-bond donors (Lipinski definition) is 0. The number of carbonyl (C=O) groups excluding carboxylic acids is 2. The van der Waals surface area contributed by atoms with Crippen LogP contribution in [0.25, 0.3) is 57.8 Å². The lowest BCUT2D eigenvalue weighted by Crippen LogP contribution is -2.30. The smallest absolute Gasteiger partial charge is 0.339 e. The van der Waals surface area contributed by atoms with Crippen molar-refractivity contribution >= 4 is 137 Å². The van der Waals surface area contributed by atoms with Crippen molar-refractivity contribution in [1.82, 2.24) is 0 Å². The van der Waals surface area contributed by atoms with Gasteiger partial charge in [0.2, 0.25) is 0 Å². The molecular weight excluding hydrogens is 1910 g/mol. The van der Waals surface area contributed by atoms with E-state index in [0.717, 1.165) is 80.3 Å². The number of ether oxygens (including phenoxy) is 2. The van der Waals surface area contributed by atoms with Gasteiger partial charge in [0, 0.05) is 44.5 Å². The second-order valence-corrected chi connectivity index (χ2v) is 48.8. The molecule has 0 radical (unpaired) electrons. The fraction of sp³-hybridized carbons (Fsp3) is 0.524. The highest BCUT2D eigenvalue weighted by Gasteiger charge is 2.55. The third kappa shape index (κ3) is 28.3. The number of halogens is 1. The van der Waals surface area contributed by atoms with Crippen LogP contribution in [0.3, 0.4) is 0 Å². The van der Waals surface area contributed by atoms with Crippen molar-refractivity contribution in [3.63, 3.8) is 0 Å². The van der Waals surface area contributed by atoms with E-state index in [0.29, 0.717) is 24.3 Å². The highest BCUT2D eigenvalue weighted by molar-refractivity contribution is 9.10. The number of benzene rings is 5. The number of rotatable bonds is 60. The van der Waals surface area contributed by atoms with Crippen LogP contribution in [0.15, 0.2) is 153 Å². The van der Waals surface area contributed by atoms with Crippen molar-refractivity contribution in [2.24, 2.45) is 0 Å². The van der Waals surface area contributed by atoms with Crippen LogP contribution in [0.5, 0.6) is 0 Å². The van der Waals surface area contributed by atoms with Crippen molar-refractivity contribution < 1.29 is 19.1 Å². The Morgan fingerprint density at radius 3 is 0.705 bits per heavy atom. The first-order chi connectivity index (χ1) is 68.2. The first-order valence-corrected chi connectivity index (χ1v) is 62.9. The van der Waals surface area contributed by atoms with Gasteiger partial charge in [-0.2, -0.15) is 0 Å². The molecule has 0 atom stereocenters. The Bertz CT molecular complexity index is 5270. The van der Waals surface area contributed by atoms with Crippen LogP contribution in [0, 0.1) is 0 Å². The summed E-state index contributed by atoms with van der Waals surface area (Å²) in [7, 11) is 0. The van der Waals surface area contributed by atoms with Gasteiger partial charge in [-0.15, -0.1) is 90.7 Å². The molecule has 5 aromatic carbocycles. The average Bonchev–Trinajstić information content (AvgIpc) is 1.48. The lowest BCUT2D eigenvalue weighted by Gasteiger charge is -2.35. The molecule has 15 rings (SSSR count). The largest absolute Gasteiger partial charge is 0.462 e. The van der Waals surface area contributed by atoms with Gasteiger partial charge < -0.3 is 9.47 Å². The summed E-state index contributed by atoms with van der Waals surface area (Å²) in [6, 6.07) is 53.0. The zero-order valence-electron chi connectivity index (χ0n) is 87.0. The summed E-state index contributed by atoms with van der Waals surface area (Å²) in [4.78, 5) is 34.5. The van der Waals surface area contributed by atoms with Gasteiger partial charge in [-0.05, 0) is 301 Å². The second-order valence-electron chi connectivity index (χ2n) is 40.0. The first-order valence-electron chi connectivity index (χ1n) is 55.3. The molecule has 13 aromatic rings. The van der Waals surface area contributed by atoms with Gasteiger partial charge in [0.15, 0.2) is 0 Å². The Labute approximate surface area is 880 Å². The monoisotopic (exact) mass is 2080 g/mol. The second kappa shape index (κ2) is 57.5. The Hall–Kier alpha value is -6.36. The summed E-state index contributed by atoms with van der Waals surface area (Å²) in [6.07, 6.45) is 63.7. The van der Waals surface area contributed by atoms with Gasteiger partial charge in [-0.1, -0.05) is 357 Å². The van der Waals surface area contributed by atoms with Gasteiger partial charge in [-0.25, -0.2) is 9.59 Å². The minimum absolute atomic E-state index is 0.283. The van der Waals surface area contributed by atoms with Crippen LogP contribution < -0.4 is 0 Å². The fourth-order valence-corrected chi connectivity index (χ4v) is 32.1. The topological polar surface area (TPSA) is 52.6 Å². The Morgan fingerprint density at radius 1 is 0.252 bits per heavy atom. The highest BCUT2D eigenvalue weighted by atomic mass is 79.9. The molecule has 748 valence electrons. The van der Waals surface area contributed by atoms with Crippen LogP contribution in [0.2, 0.25) is 0 Å². The average molecular weight is 2080 g/mol.